The molecule has 0 saturated carbocycles. The van der Waals surface area contributed by atoms with Gasteiger partial charge in [-0.25, -0.2) is 9.97 Å². The average molecular weight is 403 g/mol. The Morgan fingerprint density at radius 1 is 1.33 bits per heavy atom. The third-order valence-electron chi connectivity index (χ3n) is 4.77. The van der Waals surface area contributed by atoms with E-state index in [0.717, 1.165) is 32.7 Å². The Kier molecular flexibility index (Phi) is 7.38. The van der Waals surface area contributed by atoms with Crippen LogP contribution in [0.4, 0.5) is 5.82 Å². The lowest BCUT2D eigenvalue weighted by Gasteiger charge is -2.28. The van der Waals surface area contributed by atoms with Crippen LogP contribution in [0.5, 0.6) is 0 Å². The Balaban J connectivity index is 1.71. The number of carbonyl (C=O) groups excluding carboxylic acids is 1. The fourth-order valence-corrected chi connectivity index (χ4v) is 3.28. The zero-order chi connectivity index (χ0) is 21.5. The first kappa shape index (κ1) is 21.7. The van der Waals surface area contributed by atoms with Gasteiger partial charge in [0.05, 0.1) is 0 Å². The quantitative estimate of drug-likeness (QED) is 0.509. The Morgan fingerprint density at radius 2 is 2.03 bits per heavy atom. The van der Waals surface area contributed by atoms with Crippen molar-refractivity contribution in [2.24, 2.45) is 5.92 Å². The Hall–Kier alpha value is -2.96. The van der Waals surface area contributed by atoms with Crippen LogP contribution in [0.25, 0.3) is 0 Å². The second-order valence-electron chi connectivity index (χ2n) is 7.75. The van der Waals surface area contributed by atoms with Crippen molar-refractivity contribution < 1.29 is 4.79 Å². The molecule has 154 valence electrons. The van der Waals surface area contributed by atoms with Gasteiger partial charge in [-0.2, -0.15) is 5.26 Å². The molecule has 1 fully saturated rings. The molecule has 1 saturated heterocycles. The van der Waals surface area contributed by atoms with Crippen LogP contribution in [0.15, 0.2) is 30.5 Å². The van der Waals surface area contributed by atoms with Crippen molar-refractivity contribution >= 4 is 25.0 Å². The molecule has 1 amide bonds. The highest BCUT2D eigenvalue weighted by molar-refractivity contribution is 6.35. The molecule has 2 heterocycles. The highest BCUT2D eigenvalue weighted by Gasteiger charge is 2.18. The van der Waals surface area contributed by atoms with Crippen molar-refractivity contribution in [2.45, 2.75) is 20.4 Å². The summed E-state index contributed by atoms with van der Waals surface area (Å²) in [6.07, 6.45) is 1.38. The molecular weight excluding hydrogens is 377 g/mol. The second kappa shape index (κ2) is 10.2. The molecule has 0 bridgehead atoms. The molecule has 2 N–H and O–H groups in total. The van der Waals surface area contributed by atoms with Crippen molar-refractivity contribution in [1.82, 2.24) is 25.6 Å². The molecule has 8 nitrogen and oxygen atoms in total. The topological polar surface area (TPSA) is 97.2 Å². The third-order valence-corrected chi connectivity index (χ3v) is 4.77. The van der Waals surface area contributed by atoms with Crippen molar-refractivity contribution in [1.29, 1.82) is 5.26 Å². The standard InChI is InChI=1S/C21H26BN7O/c1-15(2)13-29(20-18(22)12-25-19(11-23)26-20)27-21(30)17-5-3-16(4-6-17)14-28-9-7-24-8-10-28/h3-6,12,15,24H,7-10,13-14H2,1-2H3,(H,27,30). The summed E-state index contributed by atoms with van der Waals surface area (Å²) in [6.45, 7) is 9.46. The maximum atomic E-state index is 12.9. The van der Waals surface area contributed by atoms with E-state index in [9.17, 15) is 4.79 Å². The number of carbonyl (C=O) groups is 1. The Bertz CT molecular complexity index is 905. The smallest absolute Gasteiger partial charge is 0.269 e. The minimum atomic E-state index is -0.263. The van der Waals surface area contributed by atoms with E-state index < -0.39 is 0 Å². The zero-order valence-corrected chi connectivity index (χ0v) is 17.4. The summed E-state index contributed by atoms with van der Waals surface area (Å²) in [5.74, 6) is 0.283. The van der Waals surface area contributed by atoms with Gasteiger partial charge in [0, 0.05) is 51.0 Å². The molecule has 0 atom stereocenters. The molecule has 0 unspecified atom stereocenters. The molecule has 0 spiro atoms. The first-order valence-electron chi connectivity index (χ1n) is 10.1. The molecule has 1 aromatic heterocycles. The van der Waals surface area contributed by atoms with Crippen LogP contribution in [-0.4, -0.2) is 61.3 Å². The average Bonchev–Trinajstić information content (AvgIpc) is 2.74. The maximum Gasteiger partial charge on any atom is 0.269 e. The van der Waals surface area contributed by atoms with E-state index in [2.05, 4.69) is 25.6 Å². The van der Waals surface area contributed by atoms with Gasteiger partial charge in [0.15, 0.2) is 0 Å². The first-order chi connectivity index (χ1) is 14.5. The molecule has 1 aromatic carbocycles. The summed E-state index contributed by atoms with van der Waals surface area (Å²) in [4.78, 5) is 23.3. The number of nitrogens with one attached hydrogen (secondary N) is 2. The molecule has 2 radical (unpaired) electrons. The molecular formula is C21H26BN7O. The predicted molar refractivity (Wildman–Crippen MR) is 116 cm³/mol. The van der Waals surface area contributed by atoms with Crippen LogP contribution in [0.1, 0.15) is 35.6 Å². The van der Waals surface area contributed by atoms with Gasteiger partial charge in [0.2, 0.25) is 5.82 Å². The number of aromatic nitrogens is 2. The number of hydrogen-bond acceptors (Lipinski definition) is 7. The van der Waals surface area contributed by atoms with E-state index in [1.54, 1.807) is 5.01 Å². The molecule has 9 heteroatoms. The fraction of sp³-hybridized carbons (Fsp3) is 0.429. The van der Waals surface area contributed by atoms with Crippen molar-refractivity contribution in [2.75, 3.05) is 37.7 Å². The van der Waals surface area contributed by atoms with Gasteiger partial charge < -0.3 is 5.32 Å². The number of anilines is 1. The summed E-state index contributed by atoms with van der Waals surface area (Å²) in [6, 6.07) is 9.52. The van der Waals surface area contributed by atoms with Gasteiger partial charge in [-0.3, -0.25) is 20.1 Å². The highest BCUT2D eigenvalue weighted by Crippen LogP contribution is 2.11. The number of amides is 1. The van der Waals surface area contributed by atoms with Crippen LogP contribution in [0.3, 0.4) is 0 Å². The monoisotopic (exact) mass is 403 g/mol. The molecule has 2 aromatic rings. The number of hydrogen-bond donors (Lipinski definition) is 2. The number of piperazine rings is 1. The first-order valence-corrected chi connectivity index (χ1v) is 10.1. The highest BCUT2D eigenvalue weighted by atomic mass is 16.2. The summed E-state index contributed by atoms with van der Waals surface area (Å²) in [5, 5.41) is 14.0. The zero-order valence-electron chi connectivity index (χ0n) is 17.4. The lowest BCUT2D eigenvalue weighted by Crippen LogP contribution is -2.47. The SMILES string of the molecule is [B]c1cnc(C#N)nc1N(CC(C)C)NC(=O)c1ccc(CN2CCNCC2)cc1. The van der Waals surface area contributed by atoms with E-state index in [-0.39, 0.29) is 17.6 Å². The summed E-state index contributed by atoms with van der Waals surface area (Å²) < 4.78 is 0. The minimum Gasteiger partial charge on any atom is -0.314 e. The molecule has 0 aliphatic carbocycles. The molecule has 1 aliphatic rings. The van der Waals surface area contributed by atoms with Crippen LogP contribution in [-0.2, 0) is 6.54 Å². The van der Waals surface area contributed by atoms with Crippen molar-refractivity contribution in [3.63, 3.8) is 0 Å². The van der Waals surface area contributed by atoms with E-state index in [0.29, 0.717) is 23.4 Å². The molecule has 1 aliphatic heterocycles. The van der Waals surface area contributed by atoms with Crippen LogP contribution in [0, 0.1) is 17.2 Å². The van der Waals surface area contributed by atoms with Gasteiger partial charge >= 0.3 is 0 Å². The van der Waals surface area contributed by atoms with Crippen molar-refractivity contribution in [3.05, 3.63) is 47.4 Å². The van der Waals surface area contributed by atoms with E-state index in [1.807, 2.05) is 44.2 Å². The van der Waals surface area contributed by atoms with Crippen molar-refractivity contribution in [3.8, 4) is 6.07 Å². The molecule has 3 rings (SSSR count). The van der Waals surface area contributed by atoms with Crippen LogP contribution in [0.2, 0.25) is 0 Å². The normalized spacial score (nSPS) is 14.3. The largest absolute Gasteiger partial charge is 0.314 e. The second-order valence-corrected chi connectivity index (χ2v) is 7.75. The lowest BCUT2D eigenvalue weighted by atomic mass is 9.98. The van der Waals surface area contributed by atoms with Crippen LogP contribution >= 0.6 is 0 Å². The lowest BCUT2D eigenvalue weighted by molar-refractivity contribution is 0.0947. The number of nitrogens with zero attached hydrogens (tertiary/aromatic N) is 5. The van der Waals surface area contributed by atoms with Gasteiger partial charge in [-0.05, 0) is 29.1 Å². The molecule has 30 heavy (non-hydrogen) atoms. The van der Waals surface area contributed by atoms with Crippen LogP contribution < -0.4 is 21.2 Å². The summed E-state index contributed by atoms with van der Waals surface area (Å²) >= 11 is 0. The van der Waals surface area contributed by atoms with Gasteiger partial charge in [-0.1, -0.05) is 26.0 Å². The third kappa shape index (κ3) is 5.78. The van der Waals surface area contributed by atoms with Gasteiger partial charge in [0.25, 0.3) is 5.91 Å². The fourth-order valence-electron chi connectivity index (χ4n) is 3.28. The number of benzene rings is 1. The number of hydrazine groups is 1. The number of rotatable bonds is 7. The maximum absolute atomic E-state index is 12.9. The predicted octanol–water partition coefficient (Wildman–Crippen LogP) is 0.355. The Labute approximate surface area is 178 Å². The van der Waals surface area contributed by atoms with Gasteiger partial charge in [-0.15, -0.1) is 0 Å². The Morgan fingerprint density at radius 3 is 2.67 bits per heavy atom. The summed E-state index contributed by atoms with van der Waals surface area (Å²) in [5.41, 5.74) is 4.88. The van der Waals surface area contributed by atoms with Gasteiger partial charge in [0.1, 0.15) is 19.7 Å². The minimum absolute atomic E-state index is 0.000490. The van der Waals surface area contributed by atoms with E-state index in [4.69, 9.17) is 13.1 Å². The van der Waals surface area contributed by atoms with E-state index in [1.165, 1.54) is 11.8 Å². The van der Waals surface area contributed by atoms with E-state index >= 15 is 0 Å². The summed E-state index contributed by atoms with van der Waals surface area (Å²) in [7, 11) is 6.01. The number of nitriles is 1.